The molecule has 1 rings (SSSR count). The first-order valence-electron chi connectivity index (χ1n) is 4.56. The van der Waals surface area contributed by atoms with Gasteiger partial charge in [0.2, 0.25) is 0 Å². The predicted octanol–water partition coefficient (Wildman–Crippen LogP) is 3.02. The van der Waals surface area contributed by atoms with Gasteiger partial charge >= 0.3 is 6.18 Å². The van der Waals surface area contributed by atoms with Crippen molar-refractivity contribution in [3.8, 4) is 0 Å². The molecule has 0 aliphatic rings. The summed E-state index contributed by atoms with van der Waals surface area (Å²) in [6, 6.07) is 0. The summed E-state index contributed by atoms with van der Waals surface area (Å²) in [5, 5.41) is 3.05. The van der Waals surface area contributed by atoms with Crippen LogP contribution >= 0.6 is 11.6 Å². The van der Waals surface area contributed by atoms with Gasteiger partial charge in [-0.15, -0.1) is 0 Å². The van der Waals surface area contributed by atoms with Crippen molar-refractivity contribution in [3.63, 3.8) is 0 Å². The highest BCUT2D eigenvalue weighted by Crippen LogP contribution is 2.33. The largest absolute Gasteiger partial charge is 0.435 e. The van der Waals surface area contributed by atoms with E-state index < -0.39 is 17.4 Å². The van der Waals surface area contributed by atoms with E-state index in [9.17, 15) is 18.0 Å². The van der Waals surface area contributed by atoms with Gasteiger partial charge in [-0.05, 0) is 5.92 Å². The minimum absolute atomic E-state index is 0.0784. The zero-order valence-electron chi connectivity index (χ0n) is 8.68. The first-order chi connectivity index (χ1) is 7.27. The van der Waals surface area contributed by atoms with E-state index in [1.807, 2.05) is 13.8 Å². The number of rotatable bonds is 3. The second-order valence-corrected chi connectivity index (χ2v) is 4.10. The Kier molecular flexibility index (Phi) is 3.62. The number of carbonyl (C=O) groups is 1. The number of alkyl halides is 3. The quantitative estimate of drug-likeness (QED) is 0.777. The molecule has 0 saturated heterocycles. The Balaban J connectivity index is 3.25. The van der Waals surface area contributed by atoms with Crippen molar-refractivity contribution < 1.29 is 18.0 Å². The maximum absolute atomic E-state index is 12.5. The van der Waals surface area contributed by atoms with Crippen LogP contribution in [-0.2, 0) is 12.7 Å². The summed E-state index contributed by atoms with van der Waals surface area (Å²) in [7, 11) is 0. The highest BCUT2D eigenvalue weighted by atomic mass is 35.5. The van der Waals surface area contributed by atoms with Gasteiger partial charge in [0, 0.05) is 6.54 Å². The molecule has 1 aromatic rings. The molecule has 0 aliphatic carbocycles. The molecule has 0 fully saturated rings. The van der Waals surface area contributed by atoms with Crippen LogP contribution in [0.15, 0.2) is 0 Å². The minimum atomic E-state index is -4.66. The second kappa shape index (κ2) is 4.45. The molecule has 0 unspecified atom stereocenters. The zero-order valence-corrected chi connectivity index (χ0v) is 9.43. The summed E-state index contributed by atoms with van der Waals surface area (Å²) >= 11 is 5.65. The van der Waals surface area contributed by atoms with E-state index in [4.69, 9.17) is 11.6 Å². The number of aromatic nitrogens is 2. The van der Waals surface area contributed by atoms with Gasteiger partial charge in [0.1, 0.15) is 5.15 Å². The summed E-state index contributed by atoms with van der Waals surface area (Å²) in [6.07, 6.45) is -4.59. The molecule has 0 bridgehead atoms. The van der Waals surface area contributed by atoms with Crippen LogP contribution in [0.3, 0.4) is 0 Å². The van der Waals surface area contributed by atoms with Gasteiger partial charge in [0.05, 0.1) is 5.56 Å². The van der Waals surface area contributed by atoms with E-state index in [1.54, 1.807) is 0 Å². The molecule has 0 spiro atoms. The van der Waals surface area contributed by atoms with Crippen molar-refractivity contribution in [2.75, 3.05) is 0 Å². The number of nitrogens with zero attached hydrogens (tertiary/aromatic N) is 2. The van der Waals surface area contributed by atoms with E-state index >= 15 is 0 Å². The molecule has 0 aromatic carbocycles. The van der Waals surface area contributed by atoms with Gasteiger partial charge in [-0.3, -0.25) is 9.48 Å². The molecule has 0 radical (unpaired) electrons. The highest BCUT2D eigenvalue weighted by molar-refractivity contribution is 6.32. The molecule has 0 atom stereocenters. The molecule has 1 heterocycles. The smallest absolute Gasteiger partial charge is 0.298 e. The number of carbonyl (C=O) groups excluding carboxylic acids is 1. The molecular weight excluding hydrogens is 245 g/mol. The van der Waals surface area contributed by atoms with Crippen LogP contribution in [-0.4, -0.2) is 16.1 Å². The third-order valence-corrected chi connectivity index (χ3v) is 2.25. The Morgan fingerprint density at radius 2 is 2.06 bits per heavy atom. The molecule has 16 heavy (non-hydrogen) atoms. The Hall–Kier alpha value is -1.04. The van der Waals surface area contributed by atoms with Crippen LogP contribution in [0.4, 0.5) is 13.2 Å². The van der Waals surface area contributed by atoms with Crippen molar-refractivity contribution in [2.24, 2.45) is 5.92 Å². The lowest BCUT2D eigenvalue weighted by atomic mass is 10.2. The van der Waals surface area contributed by atoms with Gasteiger partial charge < -0.3 is 0 Å². The summed E-state index contributed by atoms with van der Waals surface area (Å²) in [6.45, 7) is 3.85. The zero-order chi connectivity index (χ0) is 12.5. The number of hydrogen-bond donors (Lipinski definition) is 0. The van der Waals surface area contributed by atoms with Crippen LogP contribution in [0.5, 0.6) is 0 Å². The van der Waals surface area contributed by atoms with E-state index in [-0.39, 0.29) is 23.9 Å². The molecule has 90 valence electrons. The van der Waals surface area contributed by atoms with E-state index in [2.05, 4.69) is 5.10 Å². The van der Waals surface area contributed by atoms with Crippen LogP contribution in [0, 0.1) is 5.92 Å². The summed E-state index contributed by atoms with van der Waals surface area (Å²) in [4.78, 5) is 10.6. The van der Waals surface area contributed by atoms with Gasteiger partial charge in [0.15, 0.2) is 12.0 Å². The molecule has 0 N–H and O–H groups in total. The van der Waals surface area contributed by atoms with Gasteiger partial charge in [0.25, 0.3) is 0 Å². The lowest BCUT2D eigenvalue weighted by Crippen LogP contribution is -2.11. The molecule has 7 heteroatoms. The molecule has 3 nitrogen and oxygen atoms in total. The van der Waals surface area contributed by atoms with Crippen molar-refractivity contribution in [3.05, 3.63) is 16.4 Å². The van der Waals surface area contributed by atoms with Crippen LogP contribution < -0.4 is 0 Å². The van der Waals surface area contributed by atoms with Crippen molar-refractivity contribution >= 4 is 17.9 Å². The van der Waals surface area contributed by atoms with Crippen molar-refractivity contribution in [2.45, 2.75) is 26.6 Å². The fourth-order valence-corrected chi connectivity index (χ4v) is 1.48. The van der Waals surface area contributed by atoms with Crippen molar-refractivity contribution in [1.29, 1.82) is 0 Å². The fraction of sp³-hybridized carbons (Fsp3) is 0.556. The second-order valence-electron chi connectivity index (χ2n) is 3.74. The standard InChI is InChI=1S/C9H10ClF3N2O/c1-5(2)3-15-8(10)6(4-16)7(14-15)9(11,12)13/h4-5H,3H2,1-2H3. The number of halogens is 4. The SMILES string of the molecule is CC(C)Cn1nc(C(F)(F)F)c(C=O)c1Cl. The van der Waals surface area contributed by atoms with Crippen molar-refractivity contribution in [1.82, 2.24) is 9.78 Å². The topological polar surface area (TPSA) is 34.9 Å². The molecule has 1 aromatic heterocycles. The summed E-state index contributed by atoms with van der Waals surface area (Å²) < 4.78 is 38.4. The number of hydrogen-bond acceptors (Lipinski definition) is 2. The highest BCUT2D eigenvalue weighted by Gasteiger charge is 2.39. The van der Waals surface area contributed by atoms with Crippen LogP contribution in [0.25, 0.3) is 0 Å². The lowest BCUT2D eigenvalue weighted by Gasteiger charge is -2.05. The van der Waals surface area contributed by atoms with Crippen LogP contribution in [0.1, 0.15) is 29.9 Å². The Labute approximate surface area is 95.2 Å². The van der Waals surface area contributed by atoms with E-state index in [1.165, 1.54) is 0 Å². The molecule has 0 amide bonds. The molecular formula is C9H10ClF3N2O. The summed E-state index contributed by atoms with van der Waals surface area (Å²) in [5.74, 6) is 0.0815. The van der Waals surface area contributed by atoms with E-state index in [0.29, 0.717) is 0 Å². The maximum Gasteiger partial charge on any atom is 0.435 e. The third kappa shape index (κ3) is 2.55. The van der Waals surface area contributed by atoms with Gasteiger partial charge in [-0.25, -0.2) is 0 Å². The fourth-order valence-electron chi connectivity index (χ4n) is 1.24. The average Bonchev–Trinajstić information content (AvgIpc) is 2.42. The Bertz CT molecular complexity index is 398. The third-order valence-electron chi connectivity index (χ3n) is 1.85. The normalized spacial score (nSPS) is 12.2. The Morgan fingerprint density at radius 3 is 2.38 bits per heavy atom. The molecule has 0 saturated carbocycles. The molecule has 0 aliphatic heterocycles. The monoisotopic (exact) mass is 254 g/mol. The lowest BCUT2D eigenvalue weighted by molar-refractivity contribution is -0.141. The Morgan fingerprint density at radius 1 is 1.50 bits per heavy atom. The average molecular weight is 255 g/mol. The maximum atomic E-state index is 12.5. The number of aldehydes is 1. The minimum Gasteiger partial charge on any atom is -0.298 e. The first-order valence-corrected chi connectivity index (χ1v) is 4.93. The van der Waals surface area contributed by atoms with E-state index in [0.717, 1.165) is 4.68 Å². The van der Waals surface area contributed by atoms with Gasteiger partial charge in [-0.2, -0.15) is 18.3 Å². The van der Waals surface area contributed by atoms with Crippen LogP contribution in [0.2, 0.25) is 5.15 Å². The first kappa shape index (κ1) is 13.0. The summed E-state index contributed by atoms with van der Waals surface area (Å²) in [5.41, 5.74) is -1.83. The predicted molar refractivity (Wildman–Crippen MR) is 52.5 cm³/mol. The van der Waals surface area contributed by atoms with Gasteiger partial charge in [-0.1, -0.05) is 25.4 Å².